The molecule has 0 fully saturated rings. The van der Waals surface area contributed by atoms with Gasteiger partial charge in [0, 0.05) is 11.4 Å². The van der Waals surface area contributed by atoms with Gasteiger partial charge in [-0.3, -0.25) is 0 Å². The van der Waals surface area contributed by atoms with Crippen LogP contribution in [0.15, 0.2) is 29.2 Å². The highest BCUT2D eigenvalue weighted by Crippen LogP contribution is 2.13. The van der Waals surface area contributed by atoms with Crippen molar-refractivity contribution in [2.24, 2.45) is 0 Å². The van der Waals surface area contributed by atoms with Crippen molar-refractivity contribution in [3.05, 3.63) is 29.8 Å². The molecule has 0 spiro atoms. The number of aryl methyl sites for hydroxylation is 1. The Morgan fingerprint density at radius 3 is 2.67 bits per heavy atom. The molecule has 3 heteroatoms. The molecule has 0 bridgehead atoms. The summed E-state index contributed by atoms with van der Waals surface area (Å²) in [5.74, 6) is 3.79. The number of rotatable bonds is 5. The fourth-order valence-corrected chi connectivity index (χ4v) is 2.93. The SMILES string of the molecule is C=S(=O)(NCCCC)c1ccccc1C. The zero-order valence-electron chi connectivity index (χ0n) is 9.45. The maximum atomic E-state index is 12.3. The molecule has 0 saturated heterocycles. The lowest BCUT2D eigenvalue weighted by Crippen LogP contribution is -2.25. The van der Waals surface area contributed by atoms with Crippen molar-refractivity contribution in [1.82, 2.24) is 4.72 Å². The molecular weight excluding hydrogens is 206 g/mol. The van der Waals surface area contributed by atoms with E-state index in [1.165, 1.54) is 0 Å². The van der Waals surface area contributed by atoms with Gasteiger partial charge < -0.3 is 0 Å². The molecule has 0 aromatic heterocycles. The largest absolute Gasteiger partial charge is 0.248 e. The molecule has 0 aliphatic carbocycles. The number of hydrogen-bond donors (Lipinski definition) is 1. The van der Waals surface area contributed by atoms with E-state index in [4.69, 9.17) is 0 Å². The van der Waals surface area contributed by atoms with Gasteiger partial charge in [0.1, 0.15) is 0 Å². The Morgan fingerprint density at radius 2 is 2.07 bits per heavy atom. The van der Waals surface area contributed by atoms with Gasteiger partial charge in [-0.2, -0.15) is 0 Å². The minimum absolute atomic E-state index is 0.757. The molecule has 0 radical (unpaired) electrons. The number of hydrogen-bond acceptors (Lipinski definition) is 1. The van der Waals surface area contributed by atoms with Crippen LogP contribution in [0.2, 0.25) is 0 Å². The minimum atomic E-state index is -2.31. The van der Waals surface area contributed by atoms with Crippen LogP contribution in [-0.4, -0.2) is 16.6 Å². The Morgan fingerprint density at radius 1 is 1.40 bits per heavy atom. The van der Waals surface area contributed by atoms with Crippen molar-refractivity contribution in [3.63, 3.8) is 0 Å². The Hall–Kier alpha value is -0.800. The highest BCUT2D eigenvalue weighted by atomic mass is 32.2. The van der Waals surface area contributed by atoms with Crippen LogP contribution >= 0.6 is 0 Å². The molecule has 2 nitrogen and oxygen atoms in total. The van der Waals surface area contributed by atoms with E-state index >= 15 is 0 Å². The van der Waals surface area contributed by atoms with Crippen LogP contribution in [0.5, 0.6) is 0 Å². The molecule has 0 aliphatic rings. The summed E-state index contributed by atoms with van der Waals surface area (Å²) in [6, 6.07) is 7.68. The lowest BCUT2D eigenvalue weighted by Gasteiger charge is -2.13. The number of benzene rings is 1. The van der Waals surface area contributed by atoms with Gasteiger partial charge in [0.15, 0.2) is 0 Å². The Balaban J connectivity index is 2.83. The molecule has 1 rings (SSSR count). The summed E-state index contributed by atoms with van der Waals surface area (Å²) < 4.78 is 15.3. The topological polar surface area (TPSA) is 29.1 Å². The molecule has 0 saturated carbocycles. The summed E-state index contributed by atoms with van der Waals surface area (Å²) in [5.41, 5.74) is 1.03. The molecule has 1 aromatic carbocycles. The molecular formula is C12H19NOS. The standard InChI is InChI=1S/C12H19NOS/c1-4-5-10-13-15(3,14)12-9-7-6-8-11(12)2/h6-9H,3-5,10H2,1-2H3,(H,13,14). The molecule has 0 aliphatic heterocycles. The summed E-state index contributed by atoms with van der Waals surface area (Å²) in [7, 11) is -2.31. The fourth-order valence-electron chi connectivity index (χ4n) is 1.42. The third kappa shape index (κ3) is 3.36. The van der Waals surface area contributed by atoms with Crippen LogP contribution in [0.25, 0.3) is 0 Å². The van der Waals surface area contributed by atoms with E-state index in [0.29, 0.717) is 0 Å². The maximum Gasteiger partial charge on any atom is 0.0535 e. The fraction of sp³-hybridized carbons (Fsp3) is 0.417. The molecule has 1 atom stereocenters. The van der Waals surface area contributed by atoms with E-state index < -0.39 is 9.71 Å². The van der Waals surface area contributed by atoms with Gasteiger partial charge in [-0.25, -0.2) is 8.93 Å². The van der Waals surface area contributed by atoms with E-state index in [9.17, 15) is 4.21 Å². The summed E-state index contributed by atoms with van der Waals surface area (Å²) in [6.45, 7) is 4.83. The highest BCUT2D eigenvalue weighted by Gasteiger charge is 2.08. The highest BCUT2D eigenvalue weighted by molar-refractivity contribution is 7.98. The first kappa shape index (κ1) is 12.3. The maximum absolute atomic E-state index is 12.3. The van der Waals surface area contributed by atoms with Crippen LogP contribution in [0.4, 0.5) is 0 Å². The van der Waals surface area contributed by atoms with Crippen LogP contribution in [0.3, 0.4) is 0 Å². The van der Waals surface area contributed by atoms with E-state index in [0.717, 1.165) is 29.8 Å². The van der Waals surface area contributed by atoms with Crippen LogP contribution in [0.1, 0.15) is 25.3 Å². The Labute approximate surface area is 92.9 Å². The molecule has 0 amide bonds. The van der Waals surface area contributed by atoms with Gasteiger partial charge in [-0.05, 0) is 30.8 Å². The predicted molar refractivity (Wildman–Crippen MR) is 67.6 cm³/mol. The van der Waals surface area contributed by atoms with Crippen molar-refractivity contribution in [2.75, 3.05) is 6.54 Å². The summed E-state index contributed by atoms with van der Waals surface area (Å²) in [6.07, 6.45) is 2.12. The third-order valence-electron chi connectivity index (χ3n) is 2.31. The van der Waals surface area contributed by atoms with Gasteiger partial charge in [0.05, 0.1) is 9.71 Å². The zero-order chi connectivity index (χ0) is 11.3. The van der Waals surface area contributed by atoms with Crippen molar-refractivity contribution in [2.45, 2.75) is 31.6 Å². The third-order valence-corrected chi connectivity index (χ3v) is 4.15. The van der Waals surface area contributed by atoms with Gasteiger partial charge >= 0.3 is 0 Å². The van der Waals surface area contributed by atoms with Crippen molar-refractivity contribution >= 4 is 15.6 Å². The Bertz CT molecular complexity index is 409. The monoisotopic (exact) mass is 225 g/mol. The van der Waals surface area contributed by atoms with Crippen LogP contribution in [0, 0.1) is 6.92 Å². The average Bonchev–Trinajstić information content (AvgIpc) is 2.18. The molecule has 15 heavy (non-hydrogen) atoms. The second kappa shape index (κ2) is 5.33. The summed E-state index contributed by atoms with van der Waals surface area (Å²) in [4.78, 5) is 0.820. The molecule has 1 N–H and O–H groups in total. The van der Waals surface area contributed by atoms with Crippen LogP contribution < -0.4 is 4.72 Å². The molecule has 1 aromatic rings. The zero-order valence-corrected chi connectivity index (χ0v) is 10.3. The lowest BCUT2D eigenvalue weighted by molar-refractivity contribution is 0.662. The number of nitrogens with one attached hydrogen (secondary N) is 1. The second-order valence-electron chi connectivity index (χ2n) is 3.69. The van der Waals surface area contributed by atoms with E-state index in [-0.39, 0.29) is 0 Å². The van der Waals surface area contributed by atoms with Crippen molar-refractivity contribution in [1.29, 1.82) is 0 Å². The molecule has 0 heterocycles. The molecule has 1 unspecified atom stereocenters. The first-order valence-corrected chi connectivity index (χ1v) is 6.98. The van der Waals surface area contributed by atoms with E-state index in [1.54, 1.807) is 0 Å². The van der Waals surface area contributed by atoms with E-state index in [2.05, 4.69) is 17.5 Å². The van der Waals surface area contributed by atoms with E-state index in [1.807, 2.05) is 31.2 Å². The first-order chi connectivity index (χ1) is 7.08. The minimum Gasteiger partial charge on any atom is -0.248 e. The lowest BCUT2D eigenvalue weighted by atomic mass is 10.2. The average molecular weight is 225 g/mol. The first-order valence-electron chi connectivity index (χ1n) is 5.25. The van der Waals surface area contributed by atoms with Gasteiger partial charge in [-0.15, -0.1) is 0 Å². The summed E-state index contributed by atoms with van der Waals surface area (Å²) in [5, 5.41) is 0. The molecule has 84 valence electrons. The predicted octanol–water partition coefficient (Wildman–Crippen LogP) is 2.38. The van der Waals surface area contributed by atoms with Crippen molar-refractivity contribution < 1.29 is 4.21 Å². The number of unbranched alkanes of at least 4 members (excludes halogenated alkanes) is 1. The van der Waals surface area contributed by atoms with Crippen molar-refractivity contribution in [3.8, 4) is 0 Å². The second-order valence-corrected chi connectivity index (χ2v) is 5.77. The normalized spacial score (nSPS) is 14.8. The van der Waals surface area contributed by atoms with Gasteiger partial charge in [-0.1, -0.05) is 31.5 Å². The quantitative estimate of drug-likeness (QED) is 0.605. The smallest absolute Gasteiger partial charge is 0.0535 e. The van der Waals surface area contributed by atoms with Gasteiger partial charge in [0.2, 0.25) is 0 Å². The summed E-state index contributed by atoms with van der Waals surface area (Å²) >= 11 is 0. The Kier molecular flexibility index (Phi) is 4.36. The van der Waals surface area contributed by atoms with Crippen LogP contribution in [-0.2, 0) is 9.71 Å². The van der Waals surface area contributed by atoms with Gasteiger partial charge in [0.25, 0.3) is 0 Å².